The van der Waals surface area contributed by atoms with Crippen molar-refractivity contribution in [1.82, 2.24) is 4.90 Å². The summed E-state index contributed by atoms with van der Waals surface area (Å²) in [5.41, 5.74) is 0.413. The van der Waals surface area contributed by atoms with E-state index in [-0.39, 0.29) is 12.1 Å². The maximum Gasteiger partial charge on any atom is 0.296 e. The maximum absolute atomic E-state index is 12.3. The summed E-state index contributed by atoms with van der Waals surface area (Å²) in [5.74, 6) is -0.758. The van der Waals surface area contributed by atoms with Crippen molar-refractivity contribution in [3.05, 3.63) is 29.5 Å². The van der Waals surface area contributed by atoms with E-state index in [1.54, 1.807) is 18.2 Å². The fraction of sp³-hybridized carbons (Fsp3) is 0.333. The van der Waals surface area contributed by atoms with Crippen LogP contribution in [0.2, 0.25) is 0 Å². The van der Waals surface area contributed by atoms with Gasteiger partial charge in [0.25, 0.3) is 11.8 Å². The summed E-state index contributed by atoms with van der Waals surface area (Å²) >= 11 is 0. The molecule has 0 saturated heterocycles. The van der Waals surface area contributed by atoms with Gasteiger partial charge in [0.2, 0.25) is 0 Å². The van der Waals surface area contributed by atoms with E-state index in [4.69, 9.17) is 9.47 Å². The first-order valence-corrected chi connectivity index (χ1v) is 6.57. The highest BCUT2D eigenvalue weighted by Gasteiger charge is 2.38. The third-order valence-corrected chi connectivity index (χ3v) is 3.26. The first kappa shape index (κ1) is 14.9. The van der Waals surface area contributed by atoms with Gasteiger partial charge in [0.15, 0.2) is 17.3 Å². The molecule has 0 unspecified atom stereocenters. The summed E-state index contributed by atoms with van der Waals surface area (Å²) in [6.07, 6.45) is 0.629. The minimum Gasteiger partial charge on any atom is -0.502 e. The Balaban J connectivity index is 2.46. The van der Waals surface area contributed by atoms with Crippen LogP contribution in [0.5, 0.6) is 11.5 Å². The Morgan fingerprint density at radius 1 is 1.10 bits per heavy atom. The van der Waals surface area contributed by atoms with Crippen LogP contribution in [0.4, 0.5) is 0 Å². The number of aliphatic hydroxyl groups is 1. The van der Waals surface area contributed by atoms with E-state index < -0.39 is 17.6 Å². The lowest BCUT2D eigenvalue weighted by atomic mass is 10.0. The number of hydrogen-bond donors (Lipinski definition) is 1. The number of carbonyl (C=O) groups is 2. The lowest BCUT2D eigenvalue weighted by molar-refractivity contribution is -0.138. The zero-order valence-electron chi connectivity index (χ0n) is 12.2. The van der Waals surface area contributed by atoms with Gasteiger partial charge >= 0.3 is 0 Å². The van der Waals surface area contributed by atoms with Crippen LogP contribution in [0.3, 0.4) is 0 Å². The van der Waals surface area contributed by atoms with Gasteiger partial charge in [0, 0.05) is 6.54 Å². The molecule has 1 N–H and O–H groups in total. The SMILES string of the molecule is CCCN1C(=O)C(O)=C(c2ccc(OC)c(OC)c2)C1=O. The van der Waals surface area contributed by atoms with Gasteiger partial charge in [-0.1, -0.05) is 13.0 Å². The number of benzene rings is 1. The topological polar surface area (TPSA) is 76.1 Å². The van der Waals surface area contributed by atoms with Crippen LogP contribution in [0, 0.1) is 0 Å². The molecule has 0 bridgehead atoms. The van der Waals surface area contributed by atoms with E-state index >= 15 is 0 Å². The zero-order chi connectivity index (χ0) is 15.6. The molecule has 6 nitrogen and oxygen atoms in total. The minimum absolute atomic E-state index is 0.00518. The lowest BCUT2D eigenvalue weighted by Crippen LogP contribution is -2.32. The smallest absolute Gasteiger partial charge is 0.296 e. The Bertz CT molecular complexity index is 620. The molecule has 1 aromatic carbocycles. The van der Waals surface area contributed by atoms with E-state index in [0.717, 1.165) is 4.90 Å². The summed E-state index contributed by atoms with van der Waals surface area (Å²) in [6.45, 7) is 2.13. The van der Waals surface area contributed by atoms with Gasteiger partial charge in [-0.3, -0.25) is 14.5 Å². The molecular formula is C15H17NO5. The van der Waals surface area contributed by atoms with Crippen LogP contribution in [0.1, 0.15) is 18.9 Å². The first-order chi connectivity index (χ1) is 10.0. The second kappa shape index (κ2) is 5.87. The average molecular weight is 291 g/mol. The lowest BCUT2D eigenvalue weighted by Gasteiger charge is -2.13. The van der Waals surface area contributed by atoms with Crippen molar-refractivity contribution in [2.45, 2.75) is 13.3 Å². The number of carbonyl (C=O) groups excluding carboxylic acids is 2. The van der Waals surface area contributed by atoms with Crippen molar-refractivity contribution >= 4 is 17.4 Å². The largest absolute Gasteiger partial charge is 0.502 e. The summed E-state index contributed by atoms with van der Waals surface area (Å²) in [7, 11) is 2.97. The number of ether oxygens (including phenoxy) is 2. The molecule has 0 saturated carbocycles. The third kappa shape index (κ3) is 2.44. The van der Waals surface area contributed by atoms with Gasteiger partial charge in [-0.25, -0.2) is 0 Å². The highest BCUT2D eigenvalue weighted by atomic mass is 16.5. The maximum atomic E-state index is 12.3. The van der Waals surface area contributed by atoms with Gasteiger partial charge in [-0.05, 0) is 24.1 Å². The van der Waals surface area contributed by atoms with Crippen molar-refractivity contribution in [3.8, 4) is 11.5 Å². The Morgan fingerprint density at radius 3 is 2.33 bits per heavy atom. The highest BCUT2D eigenvalue weighted by molar-refractivity contribution is 6.34. The van der Waals surface area contributed by atoms with Crippen LogP contribution >= 0.6 is 0 Å². The Labute approximate surface area is 122 Å². The molecular weight excluding hydrogens is 274 g/mol. The van der Waals surface area contributed by atoms with Crippen LogP contribution in [0.25, 0.3) is 5.57 Å². The first-order valence-electron chi connectivity index (χ1n) is 6.57. The van der Waals surface area contributed by atoms with Gasteiger partial charge in [0.1, 0.15) is 0 Å². The normalized spacial score (nSPS) is 14.9. The summed E-state index contributed by atoms with van der Waals surface area (Å²) in [4.78, 5) is 25.2. The number of hydrogen-bond acceptors (Lipinski definition) is 5. The van der Waals surface area contributed by atoms with E-state index in [1.807, 2.05) is 6.92 Å². The number of methoxy groups -OCH3 is 2. The predicted molar refractivity (Wildman–Crippen MR) is 76.1 cm³/mol. The van der Waals surface area contributed by atoms with Gasteiger partial charge in [-0.15, -0.1) is 0 Å². The number of nitrogens with zero attached hydrogens (tertiary/aromatic N) is 1. The molecule has 2 rings (SSSR count). The van der Waals surface area contributed by atoms with E-state index in [0.29, 0.717) is 23.5 Å². The van der Waals surface area contributed by atoms with Crippen LogP contribution in [-0.2, 0) is 9.59 Å². The molecule has 112 valence electrons. The number of aliphatic hydroxyl groups excluding tert-OH is 1. The molecule has 0 atom stereocenters. The number of amides is 2. The molecule has 2 amide bonds. The standard InChI is InChI=1S/C15H17NO5/c1-4-7-16-14(18)12(13(17)15(16)19)9-5-6-10(20-2)11(8-9)21-3/h5-6,8,17H,4,7H2,1-3H3. The fourth-order valence-electron chi connectivity index (χ4n) is 2.24. The molecule has 0 fully saturated rings. The van der Waals surface area contributed by atoms with Gasteiger partial charge < -0.3 is 14.6 Å². The molecule has 6 heteroatoms. The van der Waals surface area contributed by atoms with Gasteiger partial charge in [-0.2, -0.15) is 0 Å². The van der Waals surface area contributed by atoms with Crippen molar-refractivity contribution in [2.24, 2.45) is 0 Å². The quantitative estimate of drug-likeness (QED) is 0.836. The van der Waals surface area contributed by atoms with Crippen molar-refractivity contribution < 1.29 is 24.2 Å². The van der Waals surface area contributed by atoms with Gasteiger partial charge in [0.05, 0.1) is 19.8 Å². The summed E-state index contributed by atoms with van der Waals surface area (Å²) < 4.78 is 10.3. The summed E-state index contributed by atoms with van der Waals surface area (Å²) in [5, 5.41) is 9.96. The Hall–Kier alpha value is -2.50. The second-order valence-electron chi connectivity index (χ2n) is 4.56. The number of rotatable bonds is 5. The molecule has 1 heterocycles. The minimum atomic E-state index is -0.661. The molecule has 1 aliphatic rings. The van der Waals surface area contributed by atoms with Crippen LogP contribution in [0.15, 0.2) is 24.0 Å². The molecule has 1 aromatic rings. The monoisotopic (exact) mass is 291 g/mol. The summed E-state index contributed by atoms with van der Waals surface area (Å²) in [6, 6.07) is 4.78. The highest BCUT2D eigenvalue weighted by Crippen LogP contribution is 2.34. The molecule has 0 spiro atoms. The van der Waals surface area contributed by atoms with Crippen LogP contribution in [-0.4, -0.2) is 42.6 Å². The van der Waals surface area contributed by atoms with E-state index in [1.165, 1.54) is 14.2 Å². The number of imide groups is 1. The van der Waals surface area contributed by atoms with E-state index in [9.17, 15) is 14.7 Å². The van der Waals surface area contributed by atoms with Crippen LogP contribution < -0.4 is 9.47 Å². The Kier molecular flexibility index (Phi) is 4.16. The molecule has 0 aliphatic carbocycles. The predicted octanol–water partition coefficient (Wildman–Crippen LogP) is 1.75. The van der Waals surface area contributed by atoms with Crippen molar-refractivity contribution in [3.63, 3.8) is 0 Å². The van der Waals surface area contributed by atoms with Crippen molar-refractivity contribution in [2.75, 3.05) is 20.8 Å². The Morgan fingerprint density at radius 2 is 1.76 bits per heavy atom. The molecule has 1 aliphatic heterocycles. The van der Waals surface area contributed by atoms with Crippen molar-refractivity contribution in [1.29, 1.82) is 0 Å². The molecule has 0 radical (unpaired) electrons. The van der Waals surface area contributed by atoms with E-state index in [2.05, 4.69) is 0 Å². The molecule has 0 aromatic heterocycles. The average Bonchev–Trinajstić information content (AvgIpc) is 2.71. The fourth-order valence-corrected chi connectivity index (χ4v) is 2.24. The third-order valence-electron chi connectivity index (χ3n) is 3.26. The molecule has 21 heavy (non-hydrogen) atoms. The zero-order valence-corrected chi connectivity index (χ0v) is 12.2. The second-order valence-corrected chi connectivity index (χ2v) is 4.56.